The molecule has 0 bridgehead atoms. The van der Waals surface area contributed by atoms with E-state index in [0.29, 0.717) is 34.1 Å². The number of aromatic nitrogens is 8. The van der Waals surface area contributed by atoms with Crippen molar-refractivity contribution in [3.8, 4) is 23.7 Å². The van der Waals surface area contributed by atoms with Crippen molar-refractivity contribution in [3.05, 3.63) is 119 Å². The first-order valence-corrected chi connectivity index (χ1v) is 13.9. The molecule has 0 spiro atoms. The summed E-state index contributed by atoms with van der Waals surface area (Å²) in [6.45, 7) is 12.2. The van der Waals surface area contributed by atoms with E-state index in [1.807, 2.05) is 41.5 Å². The van der Waals surface area contributed by atoms with Gasteiger partial charge in [-0.25, -0.2) is 32.2 Å². The van der Waals surface area contributed by atoms with E-state index >= 15 is 0 Å². The summed E-state index contributed by atoms with van der Waals surface area (Å²) >= 11 is 0. The van der Waals surface area contributed by atoms with E-state index < -0.39 is 11.6 Å². The maximum Gasteiger partial charge on any atom is 0.252 e. The van der Waals surface area contributed by atoms with Crippen LogP contribution in [0.3, 0.4) is 0 Å². The number of hydrogen-bond donors (Lipinski definition) is 0. The molecule has 0 atom stereocenters. The molecule has 8 nitrogen and oxygen atoms in total. The Hall–Kier alpha value is -5.55. The first-order valence-electron chi connectivity index (χ1n) is 13.9. The van der Waals surface area contributed by atoms with Crippen LogP contribution in [0.2, 0.25) is 0 Å². The second-order valence-electron chi connectivity index (χ2n) is 12.2. The summed E-state index contributed by atoms with van der Waals surface area (Å²) in [4.78, 5) is 17.2. The quantitative estimate of drug-likeness (QED) is 0.196. The molecule has 4 heterocycles. The average molecular weight is 607 g/mol. The Bertz CT molecular complexity index is 2150. The molecule has 0 amide bonds. The maximum absolute atomic E-state index is 13.5. The van der Waals surface area contributed by atoms with Gasteiger partial charge in [0, 0.05) is 41.2 Å². The van der Waals surface area contributed by atoms with Crippen LogP contribution in [0.4, 0.5) is 13.2 Å². The third-order valence-corrected chi connectivity index (χ3v) is 6.17. The Balaban J connectivity index is 0.000000178. The van der Waals surface area contributed by atoms with Gasteiger partial charge in [-0.1, -0.05) is 71.3 Å². The number of rotatable bonds is 0. The molecule has 0 aliphatic heterocycles. The maximum atomic E-state index is 13.5. The van der Waals surface area contributed by atoms with Gasteiger partial charge in [-0.15, -0.1) is 10.2 Å². The summed E-state index contributed by atoms with van der Waals surface area (Å²) in [5.41, 5.74) is 1.52. The van der Waals surface area contributed by atoms with Crippen molar-refractivity contribution in [1.82, 2.24) is 39.2 Å². The van der Waals surface area contributed by atoms with E-state index in [4.69, 9.17) is 0 Å². The SMILES string of the molecule is CC(C)(C)c1nc2ncc(C#Cc3cc(F)ccc3F)cn2n1.CC(C)(C)c1nc2ncc(C#Cc3cccc(F)c3)cn2n1. The van der Waals surface area contributed by atoms with Crippen molar-refractivity contribution in [1.29, 1.82) is 0 Å². The average Bonchev–Trinajstić information content (AvgIpc) is 3.61. The van der Waals surface area contributed by atoms with E-state index in [9.17, 15) is 13.2 Å². The second kappa shape index (κ2) is 12.2. The molecule has 226 valence electrons. The van der Waals surface area contributed by atoms with Crippen molar-refractivity contribution in [3.63, 3.8) is 0 Å². The van der Waals surface area contributed by atoms with Gasteiger partial charge in [0.2, 0.25) is 0 Å². The van der Waals surface area contributed by atoms with Crippen molar-refractivity contribution in [2.24, 2.45) is 0 Å². The highest BCUT2D eigenvalue weighted by Crippen LogP contribution is 2.19. The molecule has 0 aliphatic carbocycles. The van der Waals surface area contributed by atoms with E-state index in [-0.39, 0.29) is 22.2 Å². The molecular formula is C34H29F3N8. The normalized spacial score (nSPS) is 11.3. The third kappa shape index (κ3) is 7.70. The van der Waals surface area contributed by atoms with Crippen molar-refractivity contribution < 1.29 is 13.2 Å². The van der Waals surface area contributed by atoms with Gasteiger partial charge < -0.3 is 0 Å². The highest BCUT2D eigenvalue weighted by atomic mass is 19.1. The van der Waals surface area contributed by atoms with E-state index in [1.165, 1.54) is 22.8 Å². The lowest BCUT2D eigenvalue weighted by Crippen LogP contribution is -2.13. The number of nitrogens with zero attached hydrogens (tertiary/aromatic N) is 8. The fraction of sp³-hybridized carbons (Fsp3) is 0.235. The predicted octanol–water partition coefficient (Wildman–Crippen LogP) is 6.06. The van der Waals surface area contributed by atoms with Gasteiger partial charge in [0.25, 0.3) is 11.6 Å². The second-order valence-corrected chi connectivity index (χ2v) is 12.2. The standard InChI is InChI=1S/C17H14F2N4.C17H15FN4/c1-17(2,3)15-21-16-20-9-11(10-23(16)22-15)4-5-12-8-13(18)6-7-14(12)19;1-17(2,3)15-20-16-19-10-13(11-22(16)21-15)8-7-12-5-4-6-14(18)9-12/h6-10H,1-3H3;4-6,9-11H,1-3H3. The van der Waals surface area contributed by atoms with Gasteiger partial charge in [0.05, 0.1) is 16.7 Å². The Labute approximate surface area is 258 Å². The van der Waals surface area contributed by atoms with Crippen LogP contribution in [-0.4, -0.2) is 39.2 Å². The molecule has 11 heteroatoms. The molecule has 0 saturated carbocycles. The van der Waals surface area contributed by atoms with E-state index in [0.717, 1.165) is 24.0 Å². The van der Waals surface area contributed by atoms with Gasteiger partial charge >= 0.3 is 0 Å². The lowest BCUT2D eigenvalue weighted by Gasteiger charge is -2.11. The lowest BCUT2D eigenvalue weighted by molar-refractivity contribution is 0.545. The van der Waals surface area contributed by atoms with Crippen molar-refractivity contribution in [2.45, 2.75) is 52.4 Å². The molecule has 0 N–H and O–H groups in total. The first-order chi connectivity index (χ1) is 21.2. The fourth-order valence-electron chi connectivity index (χ4n) is 3.77. The van der Waals surface area contributed by atoms with Crippen molar-refractivity contribution in [2.75, 3.05) is 0 Å². The molecule has 6 rings (SSSR count). The van der Waals surface area contributed by atoms with Crippen molar-refractivity contribution >= 4 is 11.6 Å². The summed E-state index contributed by atoms with van der Waals surface area (Å²) in [6.07, 6.45) is 6.61. The summed E-state index contributed by atoms with van der Waals surface area (Å²) in [6, 6.07) is 9.34. The molecule has 0 radical (unpaired) electrons. The number of fused-ring (bicyclic) bond motifs is 2. The van der Waals surface area contributed by atoms with Gasteiger partial charge in [0.1, 0.15) is 17.5 Å². The molecular weight excluding hydrogens is 577 g/mol. The Kier molecular flexibility index (Phi) is 8.38. The number of hydrogen-bond acceptors (Lipinski definition) is 6. The fourth-order valence-corrected chi connectivity index (χ4v) is 3.77. The summed E-state index contributed by atoms with van der Waals surface area (Å²) in [7, 11) is 0. The zero-order chi connectivity index (χ0) is 32.4. The minimum absolute atomic E-state index is 0.000863. The molecule has 45 heavy (non-hydrogen) atoms. The summed E-state index contributed by atoms with van der Waals surface area (Å²) < 4.78 is 42.9. The molecule has 4 aromatic heterocycles. The number of halogens is 3. The van der Waals surface area contributed by atoms with Crippen LogP contribution < -0.4 is 0 Å². The molecule has 0 unspecified atom stereocenters. The van der Waals surface area contributed by atoms with Crippen LogP contribution in [0.5, 0.6) is 0 Å². The highest BCUT2D eigenvalue weighted by Gasteiger charge is 2.21. The monoisotopic (exact) mass is 606 g/mol. The van der Waals surface area contributed by atoms with Crippen LogP contribution >= 0.6 is 0 Å². The Morgan fingerprint density at radius 2 is 1.11 bits per heavy atom. The van der Waals surface area contributed by atoms with E-state index in [1.54, 1.807) is 35.2 Å². The minimum atomic E-state index is -0.566. The summed E-state index contributed by atoms with van der Waals surface area (Å²) in [5, 5.41) is 8.80. The van der Waals surface area contributed by atoms with Gasteiger partial charge in [0.15, 0.2) is 11.6 Å². The first kappa shape index (κ1) is 30.9. The van der Waals surface area contributed by atoms with Crippen LogP contribution in [0.1, 0.15) is 75.4 Å². The molecule has 0 aliphatic rings. The lowest BCUT2D eigenvalue weighted by atomic mass is 9.96. The Morgan fingerprint density at radius 1 is 0.600 bits per heavy atom. The van der Waals surface area contributed by atoms with Crippen LogP contribution in [0.25, 0.3) is 11.6 Å². The van der Waals surface area contributed by atoms with Gasteiger partial charge in [-0.05, 0) is 36.4 Å². The van der Waals surface area contributed by atoms with Gasteiger partial charge in [-0.3, -0.25) is 0 Å². The van der Waals surface area contributed by atoms with Gasteiger partial charge in [-0.2, -0.15) is 9.97 Å². The van der Waals surface area contributed by atoms with Crippen LogP contribution in [-0.2, 0) is 10.8 Å². The van der Waals surface area contributed by atoms with E-state index in [2.05, 4.69) is 53.8 Å². The minimum Gasteiger partial charge on any atom is -0.218 e. The zero-order valence-electron chi connectivity index (χ0n) is 25.6. The smallest absolute Gasteiger partial charge is 0.218 e. The zero-order valence-corrected chi connectivity index (χ0v) is 25.6. The third-order valence-electron chi connectivity index (χ3n) is 6.17. The Morgan fingerprint density at radius 3 is 1.64 bits per heavy atom. The number of benzene rings is 2. The predicted molar refractivity (Wildman–Crippen MR) is 164 cm³/mol. The topological polar surface area (TPSA) is 86.2 Å². The highest BCUT2D eigenvalue weighted by molar-refractivity contribution is 5.44. The van der Waals surface area contributed by atoms with Crippen LogP contribution in [0.15, 0.2) is 67.3 Å². The molecule has 6 aromatic rings. The summed E-state index contributed by atoms with van der Waals surface area (Å²) in [5.74, 6) is 12.3. The molecule has 2 aromatic carbocycles. The molecule has 0 fully saturated rings. The largest absolute Gasteiger partial charge is 0.252 e. The molecule has 0 saturated heterocycles. The van der Waals surface area contributed by atoms with Crippen LogP contribution in [0, 0.1) is 41.1 Å².